The van der Waals surface area contributed by atoms with E-state index in [-0.39, 0.29) is 18.3 Å². The van der Waals surface area contributed by atoms with Gasteiger partial charge in [0.2, 0.25) is 0 Å². The standard InChI is InChI=1S/C31H39ClN6O2/c1-21-18-28(32)35-23(3)29(21)30(39)34-15-11-22(2)37-16-12-26(13-17-37)38-27(24-8-5-4-6-9-24)20-40-31(38)36-25-10-7-14-33-19-25/h4-10,14,18-19,22,26-27,31,36H,11-13,15-17,20H2,1-3H3,(H,34,39)/t22?,27-,31-/m1/s1. The van der Waals surface area contributed by atoms with Crippen molar-refractivity contribution in [2.75, 3.05) is 31.6 Å². The lowest BCUT2D eigenvalue weighted by molar-refractivity contribution is 0.00228. The second-order valence-corrected chi connectivity index (χ2v) is 11.2. The summed E-state index contributed by atoms with van der Waals surface area (Å²) in [6.45, 7) is 9.27. The van der Waals surface area contributed by atoms with E-state index in [1.54, 1.807) is 12.3 Å². The molecule has 1 unspecified atom stereocenters. The summed E-state index contributed by atoms with van der Waals surface area (Å²) < 4.78 is 6.32. The van der Waals surface area contributed by atoms with Crippen molar-refractivity contribution in [3.8, 4) is 0 Å². The quantitative estimate of drug-likeness (QED) is 0.347. The van der Waals surface area contributed by atoms with E-state index < -0.39 is 0 Å². The second-order valence-electron chi connectivity index (χ2n) is 10.8. The molecule has 0 saturated carbocycles. The maximum Gasteiger partial charge on any atom is 0.253 e. The maximum atomic E-state index is 12.8. The summed E-state index contributed by atoms with van der Waals surface area (Å²) >= 11 is 6.03. The highest BCUT2D eigenvalue weighted by atomic mass is 35.5. The van der Waals surface area contributed by atoms with Gasteiger partial charge in [-0.05, 0) is 82.4 Å². The molecule has 1 aromatic carbocycles. The SMILES string of the molecule is Cc1cc(Cl)nc(C)c1C(=O)NCCC(C)N1CCC(N2[C@@H](c3ccccc3)CO[C@@H]2Nc2cccnc2)CC1. The number of nitrogens with zero attached hydrogens (tertiary/aromatic N) is 4. The molecule has 2 aliphatic heterocycles. The number of hydrogen-bond donors (Lipinski definition) is 2. The van der Waals surface area contributed by atoms with Gasteiger partial charge in [-0.25, -0.2) is 9.88 Å². The Morgan fingerprint density at radius 1 is 1.15 bits per heavy atom. The highest BCUT2D eigenvalue weighted by molar-refractivity contribution is 6.29. The minimum absolute atomic E-state index is 0.0850. The predicted octanol–water partition coefficient (Wildman–Crippen LogP) is 5.19. The molecule has 4 heterocycles. The zero-order valence-electron chi connectivity index (χ0n) is 23.5. The smallest absolute Gasteiger partial charge is 0.253 e. The third kappa shape index (κ3) is 6.63. The van der Waals surface area contributed by atoms with E-state index in [1.165, 1.54) is 5.56 Å². The van der Waals surface area contributed by atoms with Crippen molar-refractivity contribution in [3.05, 3.63) is 88.5 Å². The second kappa shape index (κ2) is 13.1. The van der Waals surface area contributed by atoms with E-state index in [0.29, 0.717) is 41.6 Å². The molecule has 2 saturated heterocycles. The van der Waals surface area contributed by atoms with Gasteiger partial charge in [0.15, 0.2) is 6.35 Å². The molecule has 2 N–H and O–H groups in total. The summed E-state index contributed by atoms with van der Waals surface area (Å²) in [4.78, 5) is 26.4. The van der Waals surface area contributed by atoms with E-state index in [1.807, 2.05) is 32.2 Å². The van der Waals surface area contributed by atoms with Gasteiger partial charge in [0.05, 0.1) is 35.8 Å². The molecule has 9 heteroatoms. The fraction of sp³-hybridized carbons (Fsp3) is 0.452. The number of likely N-dealkylation sites (tertiary alicyclic amines) is 1. The van der Waals surface area contributed by atoms with Crippen LogP contribution in [-0.2, 0) is 4.74 Å². The number of halogens is 1. The lowest BCUT2D eigenvalue weighted by Crippen LogP contribution is -2.51. The molecule has 2 aromatic heterocycles. The first-order chi connectivity index (χ1) is 19.4. The molecule has 8 nitrogen and oxygen atoms in total. The number of carbonyl (C=O) groups is 1. The molecule has 0 radical (unpaired) electrons. The fourth-order valence-corrected chi connectivity index (χ4v) is 6.32. The topological polar surface area (TPSA) is 82.6 Å². The van der Waals surface area contributed by atoms with Gasteiger partial charge in [0.25, 0.3) is 5.91 Å². The molecule has 40 heavy (non-hydrogen) atoms. The molecule has 5 rings (SSSR count). The minimum Gasteiger partial charge on any atom is -0.352 e. The highest BCUT2D eigenvalue weighted by Crippen LogP contribution is 2.36. The van der Waals surface area contributed by atoms with Gasteiger partial charge in [-0.3, -0.25) is 9.78 Å². The monoisotopic (exact) mass is 562 g/mol. The number of anilines is 1. The van der Waals surface area contributed by atoms with Crippen molar-refractivity contribution in [2.24, 2.45) is 0 Å². The van der Waals surface area contributed by atoms with Crippen molar-refractivity contribution < 1.29 is 9.53 Å². The molecule has 1 amide bonds. The first-order valence-electron chi connectivity index (χ1n) is 14.2. The zero-order chi connectivity index (χ0) is 28.1. The summed E-state index contributed by atoms with van der Waals surface area (Å²) in [5.74, 6) is -0.0850. The van der Waals surface area contributed by atoms with Gasteiger partial charge in [-0.2, -0.15) is 0 Å². The van der Waals surface area contributed by atoms with Crippen molar-refractivity contribution in [1.82, 2.24) is 25.1 Å². The third-order valence-electron chi connectivity index (χ3n) is 8.16. The predicted molar refractivity (Wildman–Crippen MR) is 158 cm³/mol. The summed E-state index contributed by atoms with van der Waals surface area (Å²) in [7, 11) is 0. The summed E-state index contributed by atoms with van der Waals surface area (Å²) in [6.07, 6.45) is 6.43. The van der Waals surface area contributed by atoms with Gasteiger partial charge < -0.3 is 20.3 Å². The lowest BCUT2D eigenvalue weighted by atomic mass is 9.97. The van der Waals surface area contributed by atoms with Gasteiger partial charge >= 0.3 is 0 Å². The molecule has 0 bridgehead atoms. The number of aromatic nitrogens is 2. The van der Waals surface area contributed by atoms with Gasteiger partial charge in [-0.1, -0.05) is 41.9 Å². The molecule has 2 aliphatic rings. The molecule has 212 valence electrons. The summed E-state index contributed by atoms with van der Waals surface area (Å²) in [6, 6.07) is 17.3. The van der Waals surface area contributed by atoms with Crippen molar-refractivity contribution >= 4 is 23.2 Å². The third-order valence-corrected chi connectivity index (χ3v) is 8.36. The first kappa shape index (κ1) is 28.5. The summed E-state index contributed by atoms with van der Waals surface area (Å²) in [5.41, 5.74) is 4.37. The number of amides is 1. The van der Waals surface area contributed by atoms with Gasteiger partial charge in [-0.15, -0.1) is 0 Å². The normalized spacial score (nSPS) is 21.3. The summed E-state index contributed by atoms with van der Waals surface area (Å²) in [5, 5.41) is 7.07. The van der Waals surface area contributed by atoms with Crippen LogP contribution in [0.4, 0.5) is 5.69 Å². The number of benzene rings is 1. The Morgan fingerprint density at radius 2 is 1.93 bits per heavy atom. The largest absolute Gasteiger partial charge is 0.352 e. The van der Waals surface area contributed by atoms with Crippen LogP contribution in [0.3, 0.4) is 0 Å². The van der Waals surface area contributed by atoms with E-state index in [9.17, 15) is 4.79 Å². The van der Waals surface area contributed by atoms with E-state index in [4.69, 9.17) is 16.3 Å². The highest BCUT2D eigenvalue weighted by Gasteiger charge is 2.41. The fourth-order valence-electron chi connectivity index (χ4n) is 6.03. The average molecular weight is 563 g/mol. The van der Waals surface area contributed by atoms with Crippen molar-refractivity contribution in [3.63, 3.8) is 0 Å². The Balaban J connectivity index is 1.17. The zero-order valence-corrected chi connectivity index (χ0v) is 24.3. The van der Waals surface area contributed by atoms with Gasteiger partial charge in [0.1, 0.15) is 5.15 Å². The molecule has 0 aliphatic carbocycles. The van der Waals surface area contributed by atoms with Crippen molar-refractivity contribution in [1.29, 1.82) is 0 Å². The Bertz CT molecular complexity index is 1250. The van der Waals surface area contributed by atoms with Gasteiger partial charge in [0, 0.05) is 24.8 Å². The van der Waals surface area contributed by atoms with E-state index >= 15 is 0 Å². The maximum absolute atomic E-state index is 12.8. The van der Waals surface area contributed by atoms with E-state index in [2.05, 4.69) is 67.7 Å². The Labute approximate surface area is 242 Å². The lowest BCUT2D eigenvalue weighted by Gasteiger charge is -2.42. The molecule has 3 aromatic rings. The number of rotatable bonds is 9. The number of aryl methyl sites for hydroxylation is 2. The molecule has 3 atom stereocenters. The van der Waals surface area contributed by atoms with Crippen LogP contribution in [0.15, 0.2) is 60.9 Å². The van der Waals surface area contributed by atoms with Crippen LogP contribution in [0, 0.1) is 13.8 Å². The van der Waals surface area contributed by atoms with E-state index in [0.717, 1.165) is 43.6 Å². The van der Waals surface area contributed by atoms with Crippen LogP contribution >= 0.6 is 11.6 Å². The first-order valence-corrected chi connectivity index (χ1v) is 14.5. The average Bonchev–Trinajstić information content (AvgIpc) is 3.37. The van der Waals surface area contributed by atoms with Crippen LogP contribution in [-0.4, -0.2) is 70.4 Å². The molecular weight excluding hydrogens is 524 g/mol. The van der Waals surface area contributed by atoms with Crippen LogP contribution in [0.5, 0.6) is 0 Å². The molecular formula is C31H39ClN6O2. The number of carbonyl (C=O) groups excluding carboxylic acids is 1. The van der Waals surface area contributed by atoms with Crippen molar-refractivity contribution in [2.45, 2.75) is 64.5 Å². The Kier molecular flexibility index (Phi) is 9.32. The number of ether oxygens (including phenoxy) is 1. The molecule has 0 spiro atoms. The number of pyridine rings is 2. The van der Waals surface area contributed by atoms with Crippen LogP contribution < -0.4 is 10.6 Å². The molecule has 2 fully saturated rings. The number of hydrogen-bond acceptors (Lipinski definition) is 7. The van der Waals surface area contributed by atoms with Crippen LogP contribution in [0.2, 0.25) is 5.15 Å². The van der Waals surface area contributed by atoms with Crippen LogP contribution in [0.25, 0.3) is 0 Å². The number of piperidine rings is 1. The van der Waals surface area contributed by atoms with Crippen LogP contribution in [0.1, 0.15) is 59.4 Å². The Hall–Kier alpha value is -3.04. The minimum atomic E-state index is -0.201. The Morgan fingerprint density at radius 3 is 2.62 bits per heavy atom. The number of nitrogens with one attached hydrogen (secondary N) is 2.